The van der Waals surface area contributed by atoms with E-state index < -0.39 is 17.9 Å². The van der Waals surface area contributed by atoms with Crippen molar-refractivity contribution in [1.82, 2.24) is 10.2 Å². The molecule has 0 aromatic heterocycles. The molecule has 6 heteroatoms. The first kappa shape index (κ1) is 17.5. The highest BCUT2D eigenvalue weighted by atomic mass is 19.1. The first-order valence-corrected chi connectivity index (χ1v) is 7.54. The summed E-state index contributed by atoms with van der Waals surface area (Å²) >= 11 is 0. The highest BCUT2D eigenvalue weighted by Gasteiger charge is 2.19. The highest BCUT2D eigenvalue weighted by molar-refractivity contribution is 5.90. The van der Waals surface area contributed by atoms with Crippen LogP contribution in [-0.2, 0) is 4.79 Å². The van der Waals surface area contributed by atoms with Crippen LogP contribution >= 0.6 is 0 Å². The SMILES string of the molecule is CN(C)C(=O)CC(NC(=O)Nc1ccccc1F)c1ccccc1. The van der Waals surface area contributed by atoms with Gasteiger partial charge in [-0.1, -0.05) is 42.5 Å². The Hall–Kier alpha value is -2.89. The quantitative estimate of drug-likeness (QED) is 0.885. The molecule has 3 amide bonds. The molecule has 0 bridgehead atoms. The van der Waals surface area contributed by atoms with E-state index in [-0.39, 0.29) is 18.0 Å². The van der Waals surface area contributed by atoms with Crippen molar-refractivity contribution in [3.05, 3.63) is 66.0 Å². The Morgan fingerprint density at radius 1 is 1.04 bits per heavy atom. The molecule has 1 atom stereocenters. The van der Waals surface area contributed by atoms with E-state index in [0.29, 0.717) is 0 Å². The van der Waals surface area contributed by atoms with Gasteiger partial charge in [-0.3, -0.25) is 4.79 Å². The molecule has 2 rings (SSSR count). The number of nitrogens with zero attached hydrogens (tertiary/aromatic N) is 1. The van der Waals surface area contributed by atoms with Gasteiger partial charge in [0.2, 0.25) is 5.91 Å². The van der Waals surface area contributed by atoms with Crippen molar-refractivity contribution in [3.63, 3.8) is 0 Å². The summed E-state index contributed by atoms with van der Waals surface area (Å²) in [7, 11) is 3.31. The second-order valence-corrected chi connectivity index (χ2v) is 5.53. The molecule has 0 radical (unpaired) electrons. The van der Waals surface area contributed by atoms with Gasteiger partial charge in [-0.15, -0.1) is 0 Å². The number of hydrogen-bond donors (Lipinski definition) is 2. The maximum absolute atomic E-state index is 13.6. The number of nitrogens with one attached hydrogen (secondary N) is 2. The molecule has 0 fully saturated rings. The van der Waals surface area contributed by atoms with E-state index in [4.69, 9.17) is 0 Å². The lowest BCUT2D eigenvalue weighted by molar-refractivity contribution is -0.129. The van der Waals surface area contributed by atoms with Crippen LogP contribution in [0.15, 0.2) is 54.6 Å². The van der Waals surface area contributed by atoms with Crippen molar-refractivity contribution in [1.29, 1.82) is 0 Å². The maximum Gasteiger partial charge on any atom is 0.319 e. The maximum atomic E-state index is 13.6. The third kappa shape index (κ3) is 4.81. The first-order chi connectivity index (χ1) is 11.5. The fourth-order valence-corrected chi connectivity index (χ4v) is 2.17. The van der Waals surface area contributed by atoms with Crippen molar-refractivity contribution in [3.8, 4) is 0 Å². The zero-order chi connectivity index (χ0) is 17.5. The van der Waals surface area contributed by atoms with E-state index in [1.165, 1.54) is 17.0 Å². The molecular weight excluding hydrogens is 309 g/mol. The van der Waals surface area contributed by atoms with Gasteiger partial charge in [0.15, 0.2) is 0 Å². The lowest BCUT2D eigenvalue weighted by Crippen LogP contribution is -2.36. The molecule has 0 aliphatic rings. The highest BCUT2D eigenvalue weighted by Crippen LogP contribution is 2.18. The second kappa shape index (κ2) is 8.10. The number of carbonyl (C=O) groups is 2. The summed E-state index contributed by atoms with van der Waals surface area (Å²) in [4.78, 5) is 25.7. The summed E-state index contributed by atoms with van der Waals surface area (Å²) < 4.78 is 13.6. The zero-order valence-corrected chi connectivity index (χ0v) is 13.6. The number of amides is 3. The average Bonchev–Trinajstić information content (AvgIpc) is 2.57. The molecule has 24 heavy (non-hydrogen) atoms. The molecule has 126 valence electrons. The number of rotatable bonds is 5. The fraction of sp³-hybridized carbons (Fsp3) is 0.222. The summed E-state index contributed by atoms with van der Waals surface area (Å²) in [6, 6.07) is 14.0. The lowest BCUT2D eigenvalue weighted by atomic mass is 10.0. The van der Waals surface area contributed by atoms with Gasteiger partial charge in [0, 0.05) is 14.1 Å². The summed E-state index contributed by atoms with van der Waals surface area (Å²) in [6.07, 6.45) is 0.113. The standard InChI is InChI=1S/C18H20FN3O2/c1-22(2)17(23)12-16(13-8-4-3-5-9-13)21-18(24)20-15-11-7-6-10-14(15)19/h3-11,16H,12H2,1-2H3,(H2,20,21,24). The summed E-state index contributed by atoms with van der Waals surface area (Å²) in [5.74, 6) is -0.636. The van der Waals surface area contributed by atoms with Gasteiger partial charge in [0.1, 0.15) is 5.82 Å². The van der Waals surface area contributed by atoms with E-state index in [2.05, 4.69) is 10.6 Å². The van der Waals surface area contributed by atoms with Crippen LogP contribution in [0.3, 0.4) is 0 Å². The minimum absolute atomic E-state index is 0.0840. The molecule has 0 saturated heterocycles. The van der Waals surface area contributed by atoms with E-state index in [1.54, 1.807) is 26.2 Å². The van der Waals surface area contributed by atoms with Crippen molar-refractivity contribution >= 4 is 17.6 Å². The van der Waals surface area contributed by atoms with Crippen LogP contribution in [-0.4, -0.2) is 30.9 Å². The molecule has 0 heterocycles. The molecule has 0 saturated carbocycles. The monoisotopic (exact) mass is 329 g/mol. The molecule has 0 aliphatic carbocycles. The van der Waals surface area contributed by atoms with E-state index >= 15 is 0 Å². The lowest BCUT2D eigenvalue weighted by Gasteiger charge is -2.21. The average molecular weight is 329 g/mol. The minimum atomic E-state index is -0.569. The molecule has 1 unspecified atom stereocenters. The number of para-hydroxylation sites is 1. The third-order valence-corrected chi connectivity index (χ3v) is 3.51. The molecule has 2 aromatic rings. The number of carbonyl (C=O) groups excluding carboxylic acids is 2. The van der Waals surface area contributed by atoms with Gasteiger partial charge in [-0.2, -0.15) is 0 Å². The van der Waals surface area contributed by atoms with Crippen LogP contribution in [0.1, 0.15) is 18.0 Å². The topological polar surface area (TPSA) is 61.4 Å². The van der Waals surface area contributed by atoms with E-state index in [0.717, 1.165) is 5.56 Å². The predicted octanol–water partition coefficient (Wildman–Crippen LogP) is 3.17. The van der Waals surface area contributed by atoms with Crippen LogP contribution in [0.4, 0.5) is 14.9 Å². The van der Waals surface area contributed by atoms with Crippen LogP contribution in [0.2, 0.25) is 0 Å². The Kier molecular flexibility index (Phi) is 5.89. The third-order valence-electron chi connectivity index (χ3n) is 3.51. The first-order valence-electron chi connectivity index (χ1n) is 7.54. The van der Waals surface area contributed by atoms with Crippen LogP contribution in [0, 0.1) is 5.82 Å². The Bertz CT molecular complexity index is 704. The smallest absolute Gasteiger partial charge is 0.319 e. The van der Waals surface area contributed by atoms with Gasteiger partial charge in [0.25, 0.3) is 0 Å². The Morgan fingerprint density at radius 2 is 1.67 bits per heavy atom. The van der Waals surface area contributed by atoms with E-state index in [1.807, 2.05) is 30.3 Å². The summed E-state index contributed by atoms with van der Waals surface area (Å²) in [5.41, 5.74) is 0.886. The van der Waals surface area contributed by atoms with Gasteiger partial charge < -0.3 is 15.5 Å². The van der Waals surface area contributed by atoms with Crippen LogP contribution in [0.25, 0.3) is 0 Å². The van der Waals surface area contributed by atoms with Crippen molar-refractivity contribution < 1.29 is 14.0 Å². The second-order valence-electron chi connectivity index (χ2n) is 5.53. The van der Waals surface area contributed by atoms with E-state index in [9.17, 15) is 14.0 Å². The minimum Gasteiger partial charge on any atom is -0.349 e. The number of anilines is 1. The van der Waals surface area contributed by atoms with Crippen LogP contribution in [0.5, 0.6) is 0 Å². The number of halogens is 1. The van der Waals surface area contributed by atoms with Gasteiger partial charge in [-0.25, -0.2) is 9.18 Å². The fourth-order valence-electron chi connectivity index (χ4n) is 2.17. The van der Waals surface area contributed by atoms with Gasteiger partial charge >= 0.3 is 6.03 Å². The molecule has 0 spiro atoms. The van der Waals surface area contributed by atoms with Gasteiger partial charge in [-0.05, 0) is 17.7 Å². The summed E-state index contributed by atoms with van der Waals surface area (Å²) in [6.45, 7) is 0. The molecular formula is C18H20FN3O2. The van der Waals surface area contributed by atoms with Crippen molar-refractivity contribution in [2.75, 3.05) is 19.4 Å². The predicted molar refractivity (Wildman–Crippen MR) is 91.0 cm³/mol. The molecule has 0 aliphatic heterocycles. The number of hydrogen-bond acceptors (Lipinski definition) is 2. The normalized spacial score (nSPS) is 11.5. The number of urea groups is 1. The summed E-state index contributed by atoms with van der Waals surface area (Å²) in [5, 5.41) is 5.19. The van der Waals surface area contributed by atoms with Crippen LogP contribution < -0.4 is 10.6 Å². The molecule has 5 nitrogen and oxygen atoms in total. The Morgan fingerprint density at radius 3 is 2.29 bits per heavy atom. The number of benzene rings is 2. The van der Waals surface area contributed by atoms with Crippen molar-refractivity contribution in [2.45, 2.75) is 12.5 Å². The largest absolute Gasteiger partial charge is 0.349 e. The van der Waals surface area contributed by atoms with Gasteiger partial charge in [0.05, 0.1) is 18.2 Å². The Labute approximate surface area is 140 Å². The van der Waals surface area contributed by atoms with Crippen molar-refractivity contribution in [2.24, 2.45) is 0 Å². The molecule has 2 aromatic carbocycles. The Balaban J connectivity index is 2.11. The molecule has 2 N–H and O–H groups in total. The zero-order valence-electron chi connectivity index (χ0n) is 13.6.